The van der Waals surface area contributed by atoms with E-state index in [0.29, 0.717) is 6.04 Å². The van der Waals surface area contributed by atoms with Gasteiger partial charge in [0.2, 0.25) is 0 Å². The topological polar surface area (TPSA) is 44.0 Å². The fourth-order valence-electron chi connectivity index (χ4n) is 3.90. The number of aromatic nitrogens is 2. The van der Waals surface area contributed by atoms with Gasteiger partial charge in [0.1, 0.15) is 5.65 Å². The molecule has 0 unspecified atom stereocenters. The first-order valence-corrected chi connectivity index (χ1v) is 7.81. The Kier molecular flexibility index (Phi) is 2.83. The van der Waals surface area contributed by atoms with Crippen molar-refractivity contribution in [3.05, 3.63) is 18.5 Å². The summed E-state index contributed by atoms with van der Waals surface area (Å²) < 4.78 is 0. The smallest absolute Gasteiger partial charge is 0.139 e. The third-order valence-electron chi connectivity index (χ3n) is 5.11. The third kappa shape index (κ3) is 1.78. The summed E-state index contributed by atoms with van der Waals surface area (Å²) in [6.07, 6.45) is 10.9. The van der Waals surface area contributed by atoms with Crippen molar-refractivity contribution in [3.8, 4) is 0 Å². The molecule has 106 valence electrons. The number of nitrogens with zero attached hydrogens (tertiary/aromatic N) is 2. The maximum Gasteiger partial charge on any atom is 0.139 e. The van der Waals surface area contributed by atoms with Crippen LogP contribution in [-0.4, -0.2) is 22.7 Å². The number of fused-ring (bicyclic) bond motifs is 3. The van der Waals surface area contributed by atoms with Crippen molar-refractivity contribution in [1.82, 2.24) is 9.97 Å². The van der Waals surface area contributed by atoms with Gasteiger partial charge in [0, 0.05) is 17.6 Å². The third-order valence-corrected chi connectivity index (χ3v) is 5.11. The zero-order chi connectivity index (χ0) is 13.5. The Labute approximate surface area is 119 Å². The summed E-state index contributed by atoms with van der Waals surface area (Å²) in [4.78, 5) is 10.2. The van der Waals surface area contributed by atoms with Gasteiger partial charge in [0.25, 0.3) is 0 Å². The van der Waals surface area contributed by atoms with Crippen LogP contribution in [0.1, 0.15) is 39.0 Å². The zero-order valence-corrected chi connectivity index (χ0v) is 12.0. The van der Waals surface area contributed by atoms with Crippen LogP contribution in [0.4, 0.5) is 11.4 Å². The van der Waals surface area contributed by atoms with E-state index in [1.165, 1.54) is 48.9 Å². The Hall–Kier alpha value is -1.71. The highest BCUT2D eigenvalue weighted by Gasteiger charge is 2.31. The quantitative estimate of drug-likeness (QED) is 0.874. The maximum atomic E-state index is 4.47. The van der Waals surface area contributed by atoms with Gasteiger partial charge in [0.05, 0.1) is 24.2 Å². The van der Waals surface area contributed by atoms with Crippen LogP contribution in [0.25, 0.3) is 11.0 Å². The number of anilines is 2. The normalized spacial score (nSPS) is 20.9. The van der Waals surface area contributed by atoms with E-state index >= 15 is 0 Å². The van der Waals surface area contributed by atoms with E-state index in [-0.39, 0.29) is 0 Å². The van der Waals surface area contributed by atoms with Crippen LogP contribution in [0.3, 0.4) is 0 Å². The molecule has 20 heavy (non-hydrogen) atoms. The molecule has 1 aliphatic carbocycles. The van der Waals surface area contributed by atoms with Gasteiger partial charge in [-0.15, -0.1) is 0 Å². The molecule has 0 bridgehead atoms. The standard InChI is InChI=1S/C16H22N4/c1-11(12-5-3-2-4-6-12)20-10-19-14-9-18-16-13(15(14)20)7-8-17-16/h7-9,11-12,19H,2-6,10H2,1H3,(H,17,18)/t11-/m0/s1. The summed E-state index contributed by atoms with van der Waals surface area (Å²) in [5.41, 5.74) is 3.52. The molecule has 0 amide bonds. The summed E-state index contributed by atoms with van der Waals surface area (Å²) in [6.45, 7) is 3.31. The molecule has 0 radical (unpaired) electrons. The van der Waals surface area contributed by atoms with Crippen molar-refractivity contribution in [2.45, 2.75) is 45.1 Å². The van der Waals surface area contributed by atoms with Gasteiger partial charge in [0.15, 0.2) is 0 Å². The Bertz CT molecular complexity index is 612. The number of pyridine rings is 1. The Balaban J connectivity index is 1.70. The number of H-pyrrole nitrogens is 1. The lowest BCUT2D eigenvalue weighted by Crippen LogP contribution is -2.39. The molecule has 1 aliphatic heterocycles. The van der Waals surface area contributed by atoms with Crippen molar-refractivity contribution in [1.29, 1.82) is 0 Å². The summed E-state index contributed by atoms with van der Waals surface area (Å²) in [7, 11) is 0. The van der Waals surface area contributed by atoms with E-state index in [0.717, 1.165) is 18.2 Å². The summed E-state index contributed by atoms with van der Waals surface area (Å²) in [6, 6.07) is 2.75. The van der Waals surface area contributed by atoms with Gasteiger partial charge in [-0.2, -0.15) is 0 Å². The highest BCUT2D eigenvalue weighted by Crippen LogP contribution is 2.40. The predicted molar refractivity (Wildman–Crippen MR) is 83.1 cm³/mol. The van der Waals surface area contributed by atoms with Crippen LogP contribution in [0.15, 0.2) is 18.5 Å². The fourth-order valence-corrected chi connectivity index (χ4v) is 3.90. The molecule has 2 N–H and O–H groups in total. The minimum atomic E-state index is 0.601. The molecule has 0 aromatic carbocycles. The van der Waals surface area contributed by atoms with Crippen molar-refractivity contribution in [2.24, 2.45) is 5.92 Å². The molecule has 1 atom stereocenters. The van der Waals surface area contributed by atoms with Crippen LogP contribution in [0.2, 0.25) is 0 Å². The lowest BCUT2D eigenvalue weighted by Gasteiger charge is -2.35. The zero-order valence-electron chi connectivity index (χ0n) is 12.0. The van der Waals surface area contributed by atoms with E-state index < -0.39 is 0 Å². The maximum absolute atomic E-state index is 4.47. The van der Waals surface area contributed by atoms with Gasteiger partial charge >= 0.3 is 0 Å². The van der Waals surface area contributed by atoms with Gasteiger partial charge in [-0.25, -0.2) is 4.98 Å². The number of nitrogens with one attached hydrogen (secondary N) is 2. The van der Waals surface area contributed by atoms with E-state index in [1.54, 1.807) is 0 Å². The Morgan fingerprint density at radius 2 is 2.15 bits per heavy atom. The van der Waals surface area contributed by atoms with Crippen molar-refractivity contribution >= 4 is 22.4 Å². The van der Waals surface area contributed by atoms with Gasteiger partial charge < -0.3 is 15.2 Å². The lowest BCUT2D eigenvalue weighted by molar-refractivity contribution is 0.308. The number of hydrogen-bond donors (Lipinski definition) is 2. The molecular formula is C16H22N4. The molecular weight excluding hydrogens is 248 g/mol. The average Bonchev–Trinajstić information content (AvgIpc) is 3.13. The largest absolute Gasteiger partial charge is 0.365 e. The molecule has 0 spiro atoms. The Morgan fingerprint density at radius 3 is 3.00 bits per heavy atom. The number of hydrogen-bond acceptors (Lipinski definition) is 3. The predicted octanol–water partition coefficient (Wildman–Crippen LogP) is 3.72. The van der Waals surface area contributed by atoms with Crippen LogP contribution >= 0.6 is 0 Å². The average molecular weight is 270 g/mol. The minimum Gasteiger partial charge on any atom is -0.365 e. The molecule has 4 heteroatoms. The number of rotatable bonds is 2. The summed E-state index contributed by atoms with van der Waals surface area (Å²) >= 11 is 0. The Morgan fingerprint density at radius 1 is 1.30 bits per heavy atom. The monoisotopic (exact) mass is 270 g/mol. The summed E-state index contributed by atoms with van der Waals surface area (Å²) in [5, 5.41) is 4.75. The molecule has 2 aliphatic rings. The first kappa shape index (κ1) is 12.1. The highest BCUT2D eigenvalue weighted by atomic mass is 15.3. The SMILES string of the molecule is C[C@@H](C1CCCCC1)N1CNc2cnc3[nH]ccc3c21. The lowest BCUT2D eigenvalue weighted by atomic mass is 9.84. The molecule has 4 nitrogen and oxygen atoms in total. The van der Waals surface area contributed by atoms with E-state index in [9.17, 15) is 0 Å². The second-order valence-corrected chi connectivity index (χ2v) is 6.20. The molecule has 1 saturated carbocycles. The van der Waals surface area contributed by atoms with Crippen molar-refractivity contribution < 1.29 is 0 Å². The van der Waals surface area contributed by atoms with E-state index in [2.05, 4.69) is 33.2 Å². The molecule has 2 aromatic rings. The van der Waals surface area contributed by atoms with E-state index in [4.69, 9.17) is 0 Å². The minimum absolute atomic E-state index is 0.601. The molecule has 1 fully saturated rings. The molecule has 3 heterocycles. The molecule has 2 aromatic heterocycles. The molecule has 4 rings (SSSR count). The second-order valence-electron chi connectivity index (χ2n) is 6.20. The molecule has 0 saturated heterocycles. The van der Waals surface area contributed by atoms with E-state index in [1.807, 2.05) is 12.4 Å². The van der Waals surface area contributed by atoms with Crippen molar-refractivity contribution in [2.75, 3.05) is 16.9 Å². The first-order chi connectivity index (χ1) is 9.84. The van der Waals surface area contributed by atoms with Crippen LogP contribution in [0.5, 0.6) is 0 Å². The highest BCUT2D eigenvalue weighted by molar-refractivity contribution is 5.98. The number of aromatic amines is 1. The van der Waals surface area contributed by atoms with Gasteiger partial charge in [-0.1, -0.05) is 19.3 Å². The van der Waals surface area contributed by atoms with Gasteiger partial charge in [-0.3, -0.25) is 0 Å². The van der Waals surface area contributed by atoms with Gasteiger partial charge in [-0.05, 0) is 31.7 Å². The first-order valence-electron chi connectivity index (χ1n) is 7.81. The summed E-state index contributed by atoms with van der Waals surface area (Å²) in [5.74, 6) is 0.832. The van der Waals surface area contributed by atoms with Crippen LogP contribution in [0, 0.1) is 5.92 Å². The van der Waals surface area contributed by atoms with Crippen molar-refractivity contribution in [3.63, 3.8) is 0 Å². The fraction of sp³-hybridized carbons (Fsp3) is 0.562. The van der Waals surface area contributed by atoms with Crippen LogP contribution in [-0.2, 0) is 0 Å². The van der Waals surface area contributed by atoms with Crippen LogP contribution < -0.4 is 10.2 Å². The second kappa shape index (κ2) is 4.69.